The van der Waals surface area contributed by atoms with Crippen LogP contribution < -0.4 is 10.2 Å². The molecule has 0 unspecified atom stereocenters. The van der Waals surface area contributed by atoms with Gasteiger partial charge in [0, 0.05) is 39.3 Å². The van der Waals surface area contributed by atoms with Crippen LogP contribution in [0.1, 0.15) is 28.7 Å². The van der Waals surface area contributed by atoms with Gasteiger partial charge in [0.25, 0.3) is 0 Å². The van der Waals surface area contributed by atoms with E-state index in [1.807, 2.05) is 18.2 Å². The van der Waals surface area contributed by atoms with Crippen molar-refractivity contribution in [2.75, 3.05) is 56.1 Å². The van der Waals surface area contributed by atoms with E-state index < -0.39 is 0 Å². The lowest BCUT2D eigenvalue weighted by Crippen LogP contribution is -2.47. The van der Waals surface area contributed by atoms with Crippen molar-refractivity contribution in [2.45, 2.75) is 20.8 Å². The molecule has 0 bridgehead atoms. The second kappa shape index (κ2) is 9.89. The zero-order chi connectivity index (χ0) is 20.8. The summed E-state index contributed by atoms with van der Waals surface area (Å²) >= 11 is 6.31. The molecule has 1 N–H and O–H groups in total. The Hall–Kier alpha value is -2.38. The minimum atomic E-state index is -0.370. The monoisotopic (exact) mass is 417 g/mol. The number of nitrogens with zero attached hydrogens (tertiary/aromatic N) is 4. The van der Waals surface area contributed by atoms with Crippen LogP contribution >= 0.6 is 11.6 Å². The summed E-state index contributed by atoms with van der Waals surface area (Å²) in [5, 5.41) is 4.08. The summed E-state index contributed by atoms with van der Waals surface area (Å²) in [5.74, 6) is 0.174. The third-order valence-corrected chi connectivity index (χ3v) is 5.35. The normalized spacial score (nSPS) is 14.7. The zero-order valence-electron chi connectivity index (χ0n) is 17.2. The van der Waals surface area contributed by atoms with E-state index in [1.54, 1.807) is 20.8 Å². The van der Waals surface area contributed by atoms with Crippen LogP contribution in [0.2, 0.25) is 5.02 Å². The Labute approximate surface area is 177 Å². The van der Waals surface area contributed by atoms with Crippen LogP contribution in [0.25, 0.3) is 0 Å². The number of nitrogens with one attached hydrogen (secondary N) is 1. The van der Waals surface area contributed by atoms with Gasteiger partial charge in [-0.15, -0.1) is 0 Å². The van der Waals surface area contributed by atoms with Gasteiger partial charge in [-0.05, 0) is 32.9 Å². The fourth-order valence-electron chi connectivity index (χ4n) is 3.54. The van der Waals surface area contributed by atoms with Crippen molar-refractivity contribution in [3.63, 3.8) is 0 Å². The molecule has 1 aromatic carbocycles. The van der Waals surface area contributed by atoms with Crippen molar-refractivity contribution in [1.29, 1.82) is 0 Å². The number of hydrogen-bond donors (Lipinski definition) is 1. The van der Waals surface area contributed by atoms with Crippen LogP contribution in [0.3, 0.4) is 0 Å². The Morgan fingerprint density at radius 2 is 1.79 bits per heavy atom. The average Bonchev–Trinajstić information content (AvgIpc) is 2.69. The van der Waals surface area contributed by atoms with Gasteiger partial charge in [0.2, 0.25) is 5.95 Å². The van der Waals surface area contributed by atoms with Crippen molar-refractivity contribution in [3.05, 3.63) is 46.2 Å². The molecule has 8 heteroatoms. The molecule has 2 heterocycles. The quantitative estimate of drug-likeness (QED) is 0.694. The van der Waals surface area contributed by atoms with Gasteiger partial charge in [0.15, 0.2) is 0 Å². The Morgan fingerprint density at radius 3 is 2.41 bits per heavy atom. The van der Waals surface area contributed by atoms with E-state index in [4.69, 9.17) is 16.3 Å². The van der Waals surface area contributed by atoms with Crippen molar-refractivity contribution < 1.29 is 9.53 Å². The highest BCUT2D eigenvalue weighted by molar-refractivity contribution is 6.33. The highest BCUT2D eigenvalue weighted by Gasteiger charge is 2.19. The van der Waals surface area contributed by atoms with Gasteiger partial charge in [-0.2, -0.15) is 0 Å². The zero-order valence-corrected chi connectivity index (χ0v) is 18.0. The van der Waals surface area contributed by atoms with Crippen molar-refractivity contribution in [3.8, 4) is 0 Å². The number of halogens is 1. The second-order valence-corrected chi connectivity index (χ2v) is 7.43. The molecule has 0 amide bonds. The van der Waals surface area contributed by atoms with Gasteiger partial charge in [-0.1, -0.05) is 23.7 Å². The van der Waals surface area contributed by atoms with Gasteiger partial charge in [-0.25, -0.2) is 14.8 Å². The van der Waals surface area contributed by atoms with Crippen LogP contribution in [0.4, 0.5) is 11.6 Å². The number of benzene rings is 1. The first kappa shape index (κ1) is 21.3. The molecular formula is C21H28ClN5O2. The van der Waals surface area contributed by atoms with Gasteiger partial charge in [0.05, 0.1) is 28.7 Å². The Bertz CT molecular complexity index is 830. The fraction of sp³-hybridized carbons (Fsp3) is 0.476. The number of ether oxygens (including phenoxy) is 1. The summed E-state index contributed by atoms with van der Waals surface area (Å²) < 4.78 is 5.08. The lowest BCUT2D eigenvalue weighted by molar-refractivity contribution is 0.0523. The maximum absolute atomic E-state index is 12.0. The number of piperazine rings is 1. The van der Waals surface area contributed by atoms with Gasteiger partial charge < -0.3 is 15.0 Å². The van der Waals surface area contributed by atoms with E-state index in [0.717, 1.165) is 50.0 Å². The van der Waals surface area contributed by atoms with Crippen molar-refractivity contribution >= 4 is 29.2 Å². The topological polar surface area (TPSA) is 70.6 Å². The molecule has 29 heavy (non-hydrogen) atoms. The molecule has 1 fully saturated rings. The SMILES string of the molecule is CCOC(=O)c1c(C)nc(NCCN2CCN(c3ccccc3Cl)CC2)nc1C. The predicted octanol–water partition coefficient (Wildman–Crippen LogP) is 3.16. The first-order valence-electron chi connectivity index (χ1n) is 9.97. The predicted molar refractivity (Wildman–Crippen MR) is 116 cm³/mol. The molecule has 1 saturated heterocycles. The lowest BCUT2D eigenvalue weighted by atomic mass is 10.2. The molecule has 7 nitrogen and oxygen atoms in total. The largest absolute Gasteiger partial charge is 0.462 e. The molecule has 0 saturated carbocycles. The van der Waals surface area contributed by atoms with Crippen molar-refractivity contribution in [2.24, 2.45) is 0 Å². The molecule has 3 rings (SSSR count). The van der Waals surface area contributed by atoms with E-state index in [2.05, 4.69) is 31.2 Å². The number of aromatic nitrogens is 2. The lowest BCUT2D eigenvalue weighted by Gasteiger charge is -2.36. The molecule has 0 atom stereocenters. The summed E-state index contributed by atoms with van der Waals surface area (Å²) in [4.78, 5) is 25.6. The van der Waals surface area contributed by atoms with Crippen LogP contribution in [0.5, 0.6) is 0 Å². The third kappa shape index (κ3) is 5.36. The third-order valence-electron chi connectivity index (χ3n) is 5.03. The van der Waals surface area contributed by atoms with Gasteiger partial charge in [0.1, 0.15) is 5.56 Å². The number of rotatable bonds is 7. The molecular weight excluding hydrogens is 390 g/mol. The van der Waals surface area contributed by atoms with Crippen LogP contribution in [0.15, 0.2) is 24.3 Å². The number of hydrogen-bond acceptors (Lipinski definition) is 7. The van der Waals surface area contributed by atoms with E-state index >= 15 is 0 Å². The molecule has 0 radical (unpaired) electrons. The summed E-state index contributed by atoms with van der Waals surface area (Å²) in [6.45, 7) is 11.2. The highest BCUT2D eigenvalue weighted by Crippen LogP contribution is 2.26. The smallest absolute Gasteiger partial charge is 0.341 e. The summed E-state index contributed by atoms with van der Waals surface area (Å²) in [7, 11) is 0. The van der Waals surface area contributed by atoms with Crippen LogP contribution in [0, 0.1) is 13.8 Å². The molecule has 1 aliphatic rings. The van der Waals surface area contributed by atoms with E-state index in [1.165, 1.54) is 0 Å². The molecule has 2 aromatic rings. The number of para-hydroxylation sites is 1. The number of carbonyl (C=O) groups is 1. The molecule has 0 aliphatic carbocycles. The molecule has 1 aromatic heterocycles. The van der Waals surface area contributed by atoms with Gasteiger partial charge >= 0.3 is 5.97 Å². The molecule has 0 spiro atoms. The molecule has 156 valence electrons. The Morgan fingerprint density at radius 1 is 1.14 bits per heavy atom. The summed E-state index contributed by atoms with van der Waals surface area (Å²) in [6, 6.07) is 7.99. The number of aryl methyl sites for hydroxylation is 2. The number of esters is 1. The minimum Gasteiger partial charge on any atom is -0.462 e. The Balaban J connectivity index is 1.49. The van der Waals surface area contributed by atoms with Crippen molar-refractivity contribution in [1.82, 2.24) is 14.9 Å². The fourth-order valence-corrected chi connectivity index (χ4v) is 3.80. The first-order chi connectivity index (χ1) is 14.0. The van der Waals surface area contributed by atoms with Crippen LogP contribution in [-0.2, 0) is 4.74 Å². The first-order valence-corrected chi connectivity index (χ1v) is 10.4. The highest BCUT2D eigenvalue weighted by atomic mass is 35.5. The standard InChI is InChI=1S/C21H28ClN5O2/c1-4-29-20(28)19-15(2)24-21(25-16(19)3)23-9-10-26-11-13-27(14-12-26)18-8-6-5-7-17(18)22/h5-8H,4,9-14H2,1-3H3,(H,23,24,25). The number of carbonyl (C=O) groups excluding carboxylic acids is 1. The molecule has 1 aliphatic heterocycles. The van der Waals surface area contributed by atoms with Gasteiger partial charge in [-0.3, -0.25) is 4.90 Å². The Kier molecular flexibility index (Phi) is 7.28. The second-order valence-electron chi connectivity index (χ2n) is 7.02. The van der Waals surface area contributed by atoms with Crippen LogP contribution in [-0.4, -0.2) is 66.7 Å². The number of anilines is 2. The van der Waals surface area contributed by atoms with E-state index in [9.17, 15) is 4.79 Å². The summed E-state index contributed by atoms with van der Waals surface area (Å²) in [6.07, 6.45) is 0. The van der Waals surface area contributed by atoms with E-state index in [-0.39, 0.29) is 5.97 Å². The average molecular weight is 418 g/mol. The maximum atomic E-state index is 12.0. The minimum absolute atomic E-state index is 0.335. The van der Waals surface area contributed by atoms with E-state index in [0.29, 0.717) is 29.5 Å². The maximum Gasteiger partial charge on any atom is 0.341 e. The summed E-state index contributed by atoms with van der Waals surface area (Å²) in [5.41, 5.74) is 2.82.